The number of hydrogen-bond acceptors (Lipinski definition) is 5. The molecule has 0 spiro atoms. The Morgan fingerprint density at radius 1 is 1.23 bits per heavy atom. The number of ether oxygens (including phenoxy) is 2. The fraction of sp³-hybridized carbons (Fsp3) is 0.500. The number of benzene rings is 1. The molecule has 0 fully saturated rings. The lowest BCUT2D eigenvalue weighted by Gasteiger charge is -2.11. The standard InChI is InChI=1S/C14H21N3O4S/c1-15-14(17-7-8-22(2,18)19)16-6-5-11-3-4-12-13(9-11)21-10-20-12/h3-4,9H,5-8,10H2,1-2H3,(H2,15,16,17). The van der Waals surface area contributed by atoms with Crippen molar-refractivity contribution < 1.29 is 17.9 Å². The van der Waals surface area contributed by atoms with E-state index in [9.17, 15) is 8.42 Å². The van der Waals surface area contributed by atoms with E-state index in [-0.39, 0.29) is 12.5 Å². The van der Waals surface area contributed by atoms with Gasteiger partial charge in [0.15, 0.2) is 17.5 Å². The maximum Gasteiger partial charge on any atom is 0.231 e. The Morgan fingerprint density at radius 3 is 2.68 bits per heavy atom. The van der Waals surface area contributed by atoms with Crippen LogP contribution in [0.2, 0.25) is 0 Å². The fourth-order valence-electron chi connectivity index (χ4n) is 2.00. The molecule has 1 aliphatic heterocycles. The molecule has 0 saturated heterocycles. The summed E-state index contributed by atoms with van der Waals surface area (Å²) in [5.41, 5.74) is 1.13. The maximum absolute atomic E-state index is 11.1. The average Bonchev–Trinajstić information content (AvgIpc) is 2.92. The molecule has 1 aromatic carbocycles. The van der Waals surface area contributed by atoms with Gasteiger partial charge in [-0.2, -0.15) is 0 Å². The van der Waals surface area contributed by atoms with Gasteiger partial charge in [0.25, 0.3) is 0 Å². The molecule has 0 bridgehead atoms. The summed E-state index contributed by atoms with van der Waals surface area (Å²) in [4.78, 5) is 4.05. The summed E-state index contributed by atoms with van der Waals surface area (Å²) >= 11 is 0. The van der Waals surface area contributed by atoms with Crippen molar-refractivity contribution in [1.82, 2.24) is 10.6 Å². The Hall–Kier alpha value is -1.96. The van der Waals surface area contributed by atoms with Gasteiger partial charge in [-0.25, -0.2) is 8.42 Å². The number of fused-ring (bicyclic) bond motifs is 1. The van der Waals surface area contributed by atoms with Crippen molar-refractivity contribution in [2.24, 2.45) is 4.99 Å². The van der Waals surface area contributed by atoms with E-state index in [0.717, 1.165) is 23.5 Å². The predicted molar refractivity (Wildman–Crippen MR) is 85.3 cm³/mol. The first-order valence-electron chi connectivity index (χ1n) is 6.99. The second-order valence-electron chi connectivity index (χ2n) is 4.99. The van der Waals surface area contributed by atoms with Gasteiger partial charge in [-0.3, -0.25) is 4.99 Å². The third-order valence-electron chi connectivity index (χ3n) is 3.13. The van der Waals surface area contributed by atoms with Gasteiger partial charge in [0.1, 0.15) is 9.84 Å². The highest BCUT2D eigenvalue weighted by molar-refractivity contribution is 7.90. The molecule has 2 N–H and O–H groups in total. The third kappa shape index (κ3) is 5.10. The molecule has 2 rings (SSSR count). The lowest BCUT2D eigenvalue weighted by atomic mass is 10.1. The minimum Gasteiger partial charge on any atom is -0.454 e. The molecule has 22 heavy (non-hydrogen) atoms. The van der Waals surface area contributed by atoms with Crippen molar-refractivity contribution in [1.29, 1.82) is 0 Å². The summed E-state index contributed by atoms with van der Waals surface area (Å²) in [6.45, 7) is 1.29. The number of guanidine groups is 1. The molecule has 0 unspecified atom stereocenters. The van der Waals surface area contributed by atoms with Gasteiger partial charge >= 0.3 is 0 Å². The van der Waals surface area contributed by atoms with E-state index in [4.69, 9.17) is 9.47 Å². The first-order valence-corrected chi connectivity index (χ1v) is 9.05. The van der Waals surface area contributed by atoms with Crippen LogP contribution in [0, 0.1) is 0 Å². The molecule has 1 aliphatic rings. The molecular formula is C14H21N3O4S. The number of hydrogen-bond donors (Lipinski definition) is 2. The van der Waals surface area contributed by atoms with Gasteiger partial charge in [0, 0.05) is 26.4 Å². The summed E-state index contributed by atoms with van der Waals surface area (Å²) in [5, 5.41) is 6.11. The second kappa shape index (κ2) is 7.35. The van der Waals surface area contributed by atoms with Gasteiger partial charge in [0.05, 0.1) is 5.75 Å². The van der Waals surface area contributed by atoms with Crippen LogP contribution in [-0.4, -0.2) is 53.3 Å². The Labute approximate surface area is 130 Å². The molecule has 0 aromatic heterocycles. The van der Waals surface area contributed by atoms with E-state index in [1.807, 2.05) is 18.2 Å². The van der Waals surface area contributed by atoms with Crippen LogP contribution >= 0.6 is 0 Å². The van der Waals surface area contributed by atoms with Crippen LogP contribution in [0.15, 0.2) is 23.2 Å². The quantitative estimate of drug-likeness (QED) is 0.572. The Kier molecular flexibility index (Phi) is 5.48. The number of rotatable bonds is 6. The normalized spacial score (nSPS) is 14.0. The Morgan fingerprint density at radius 2 is 1.95 bits per heavy atom. The minimum absolute atomic E-state index is 0.0792. The number of nitrogens with one attached hydrogen (secondary N) is 2. The van der Waals surface area contributed by atoms with E-state index in [2.05, 4.69) is 15.6 Å². The van der Waals surface area contributed by atoms with Crippen LogP contribution in [0.1, 0.15) is 5.56 Å². The molecule has 7 nitrogen and oxygen atoms in total. The van der Waals surface area contributed by atoms with Crippen LogP contribution in [0.5, 0.6) is 11.5 Å². The number of nitrogens with zero attached hydrogens (tertiary/aromatic N) is 1. The first-order chi connectivity index (χ1) is 10.5. The third-order valence-corrected chi connectivity index (χ3v) is 4.08. The maximum atomic E-state index is 11.1. The molecular weight excluding hydrogens is 306 g/mol. The second-order valence-corrected chi connectivity index (χ2v) is 7.25. The van der Waals surface area contributed by atoms with Crippen LogP contribution in [-0.2, 0) is 16.3 Å². The highest BCUT2D eigenvalue weighted by Gasteiger charge is 2.12. The van der Waals surface area contributed by atoms with E-state index >= 15 is 0 Å². The molecule has 1 heterocycles. The summed E-state index contributed by atoms with van der Waals surface area (Å²) in [5.74, 6) is 2.21. The molecule has 122 valence electrons. The summed E-state index contributed by atoms with van der Waals surface area (Å²) in [6, 6.07) is 5.86. The molecule has 0 radical (unpaired) electrons. The number of aliphatic imine (C=N–C) groups is 1. The monoisotopic (exact) mass is 327 g/mol. The lowest BCUT2D eigenvalue weighted by molar-refractivity contribution is 0.174. The van der Waals surface area contributed by atoms with Crippen molar-refractivity contribution in [3.8, 4) is 11.5 Å². The first kappa shape index (κ1) is 16.4. The zero-order valence-corrected chi connectivity index (χ0v) is 13.6. The van der Waals surface area contributed by atoms with Gasteiger partial charge in [-0.1, -0.05) is 6.07 Å². The number of sulfone groups is 1. The zero-order chi connectivity index (χ0) is 16.0. The zero-order valence-electron chi connectivity index (χ0n) is 12.8. The van der Waals surface area contributed by atoms with Gasteiger partial charge in [-0.15, -0.1) is 0 Å². The summed E-state index contributed by atoms with van der Waals surface area (Å²) in [6.07, 6.45) is 2.01. The van der Waals surface area contributed by atoms with Crippen LogP contribution < -0.4 is 20.1 Å². The SMILES string of the molecule is CN=C(NCCc1ccc2c(c1)OCO2)NCCS(C)(=O)=O. The van der Waals surface area contributed by atoms with Crippen molar-refractivity contribution in [3.05, 3.63) is 23.8 Å². The highest BCUT2D eigenvalue weighted by atomic mass is 32.2. The topological polar surface area (TPSA) is 89.0 Å². The molecule has 8 heteroatoms. The fourth-order valence-corrected chi connectivity index (χ4v) is 2.47. The van der Waals surface area contributed by atoms with Crippen molar-refractivity contribution in [2.45, 2.75) is 6.42 Å². The highest BCUT2D eigenvalue weighted by Crippen LogP contribution is 2.32. The van der Waals surface area contributed by atoms with Gasteiger partial charge < -0.3 is 20.1 Å². The summed E-state index contributed by atoms with van der Waals surface area (Å²) in [7, 11) is -1.32. The molecule has 0 amide bonds. The largest absolute Gasteiger partial charge is 0.454 e. The summed E-state index contributed by atoms with van der Waals surface area (Å²) < 4.78 is 32.7. The smallest absolute Gasteiger partial charge is 0.231 e. The van der Waals surface area contributed by atoms with Crippen LogP contribution in [0.25, 0.3) is 0 Å². The van der Waals surface area contributed by atoms with E-state index < -0.39 is 9.84 Å². The molecule has 1 aromatic rings. The lowest BCUT2D eigenvalue weighted by Crippen LogP contribution is -2.40. The van der Waals surface area contributed by atoms with E-state index in [1.165, 1.54) is 6.26 Å². The van der Waals surface area contributed by atoms with Crippen molar-refractivity contribution >= 4 is 15.8 Å². The van der Waals surface area contributed by atoms with Crippen LogP contribution in [0.4, 0.5) is 0 Å². The van der Waals surface area contributed by atoms with Crippen molar-refractivity contribution in [2.75, 3.05) is 38.9 Å². The van der Waals surface area contributed by atoms with Gasteiger partial charge in [-0.05, 0) is 24.1 Å². The minimum atomic E-state index is -2.97. The Balaban J connectivity index is 1.74. The van der Waals surface area contributed by atoms with E-state index in [1.54, 1.807) is 7.05 Å². The Bertz CT molecular complexity index is 643. The predicted octanol–water partition coefficient (Wildman–Crippen LogP) is 0.167. The van der Waals surface area contributed by atoms with Crippen LogP contribution in [0.3, 0.4) is 0 Å². The van der Waals surface area contributed by atoms with E-state index in [0.29, 0.717) is 19.0 Å². The molecule has 0 saturated carbocycles. The molecule has 0 aliphatic carbocycles. The van der Waals surface area contributed by atoms with Gasteiger partial charge in [0.2, 0.25) is 6.79 Å². The molecule has 0 atom stereocenters. The van der Waals surface area contributed by atoms with Crippen molar-refractivity contribution in [3.63, 3.8) is 0 Å². The average molecular weight is 327 g/mol.